The summed E-state index contributed by atoms with van der Waals surface area (Å²) in [5.41, 5.74) is 26.1. The van der Waals surface area contributed by atoms with Gasteiger partial charge in [0.25, 0.3) is 0 Å². The molecule has 310 valence electrons. The van der Waals surface area contributed by atoms with Crippen molar-refractivity contribution in [2.24, 2.45) is 0 Å². The molecule has 2 aliphatic heterocycles. The van der Waals surface area contributed by atoms with Crippen molar-refractivity contribution < 1.29 is 19.5 Å². The smallest absolute Gasteiger partial charge is 0.657 e. The van der Waals surface area contributed by atoms with E-state index in [1.807, 2.05) is 0 Å². The van der Waals surface area contributed by atoms with Gasteiger partial charge >= 0.3 is 19.5 Å². The maximum absolute atomic E-state index is 5.49. The fourth-order valence-corrected chi connectivity index (χ4v) is 21.4. The summed E-state index contributed by atoms with van der Waals surface area (Å²) in [4.78, 5) is 21.4. The minimum Gasteiger partial charge on any atom is -0.657 e. The Kier molecular flexibility index (Phi) is 14.1. The molecular weight excluding hydrogens is 814 g/mol. The Balaban J connectivity index is 0.00000683. The van der Waals surface area contributed by atoms with Crippen LogP contribution in [0.15, 0.2) is 48.5 Å². The molecule has 0 saturated carbocycles. The molecule has 3 aromatic heterocycles. The third kappa shape index (κ3) is 8.80. The fraction of sp³-hybridized carbons (Fsp3) is 0.472. The van der Waals surface area contributed by atoms with Crippen LogP contribution in [0, 0.1) is 43.7 Å². The van der Waals surface area contributed by atoms with Crippen molar-refractivity contribution in [3.05, 3.63) is 93.6 Å². The van der Waals surface area contributed by atoms with Crippen molar-refractivity contribution in [2.45, 2.75) is 163 Å². The first-order valence-corrected chi connectivity index (χ1v) is 26.6. The molecule has 0 radical (unpaired) electrons. The monoisotopic (exact) mass is 880 g/mol. The van der Waals surface area contributed by atoms with Gasteiger partial charge in [-0.1, -0.05) is 151 Å². The average molecular weight is 883 g/mol. The second-order valence-electron chi connectivity index (χ2n) is 20.1. The van der Waals surface area contributed by atoms with Gasteiger partial charge in [-0.25, -0.2) is 4.98 Å². The van der Waals surface area contributed by atoms with E-state index in [9.17, 15) is 0 Å². The average Bonchev–Trinajstić information content (AvgIpc) is 3.89. The van der Waals surface area contributed by atoms with Crippen LogP contribution >= 0.6 is 0 Å². The Morgan fingerprint density at radius 2 is 1.15 bits per heavy atom. The van der Waals surface area contributed by atoms with Crippen LogP contribution < -0.4 is 9.97 Å². The van der Waals surface area contributed by atoms with Crippen LogP contribution in [0.3, 0.4) is 0 Å². The summed E-state index contributed by atoms with van der Waals surface area (Å²) in [6.45, 7) is 39.6. The molecule has 0 saturated heterocycles. The molecule has 0 N–H and O–H groups in total. The summed E-state index contributed by atoms with van der Waals surface area (Å²) < 4.78 is 0. The minimum atomic E-state index is -2.03. The van der Waals surface area contributed by atoms with Crippen LogP contribution in [-0.4, -0.2) is 26.1 Å². The van der Waals surface area contributed by atoms with Crippen LogP contribution in [-0.2, 0) is 31.3 Å². The fourth-order valence-electron chi connectivity index (χ4n) is 10.9. The molecule has 4 nitrogen and oxygen atoms in total. The number of hydrogen-bond acceptors (Lipinski definition) is 2. The van der Waals surface area contributed by atoms with Gasteiger partial charge in [-0.15, -0.1) is 33.2 Å². The van der Waals surface area contributed by atoms with E-state index in [0.717, 1.165) is 68.0 Å². The molecule has 60 heavy (non-hydrogen) atoms. The molecule has 5 heterocycles. The number of benzene rings is 1. The number of aromatic nitrogens is 4. The van der Waals surface area contributed by atoms with Crippen LogP contribution in [0.2, 0.25) is 33.2 Å². The topological polar surface area (TPSA) is 54.0 Å². The van der Waals surface area contributed by atoms with E-state index in [1.54, 1.807) is 0 Å². The van der Waals surface area contributed by atoms with Gasteiger partial charge in [0.05, 0.1) is 17.0 Å². The van der Waals surface area contributed by atoms with Gasteiger partial charge in [-0.2, -0.15) is 0 Å². The van der Waals surface area contributed by atoms with Crippen LogP contribution in [0.1, 0.15) is 142 Å². The number of allylic oxidation sites excluding steroid dienone is 1. The van der Waals surface area contributed by atoms with Crippen molar-refractivity contribution in [2.75, 3.05) is 0 Å². The summed E-state index contributed by atoms with van der Waals surface area (Å²) in [7, 11) is -4.02. The molecule has 0 unspecified atom stereocenters. The van der Waals surface area contributed by atoms with Crippen LogP contribution in [0.4, 0.5) is 0 Å². The predicted molar refractivity (Wildman–Crippen MR) is 260 cm³/mol. The zero-order valence-corrected chi connectivity index (χ0v) is 44.8. The summed E-state index contributed by atoms with van der Waals surface area (Å²) in [5.74, 6) is 7.55. The van der Waals surface area contributed by atoms with E-state index >= 15 is 0 Å². The zero-order chi connectivity index (χ0) is 43.4. The molecule has 1 aromatic carbocycles. The maximum atomic E-state index is 5.49. The van der Waals surface area contributed by atoms with Gasteiger partial charge in [0.2, 0.25) is 0 Å². The maximum Gasteiger partial charge on any atom is 2.00 e. The van der Waals surface area contributed by atoms with E-state index in [1.165, 1.54) is 22.3 Å². The predicted octanol–water partition coefficient (Wildman–Crippen LogP) is 14.0. The Hall–Kier alpha value is -3.74. The number of aryl methyl sites for hydroxylation is 3. The quantitative estimate of drug-likeness (QED) is 0.137. The molecule has 0 atom stereocenters. The first-order chi connectivity index (χ1) is 27.6. The normalized spacial score (nSPS) is 14.1. The molecule has 0 fully saturated rings. The first kappa shape index (κ1) is 47.3. The van der Waals surface area contributed by atoms with Crippen LogP contribution in [0.25, 0.3) is 44.8 Å². The van der Waals surface area contributed by atoms with Crippen LogP contribution in [0.5, 0.6) is 0 Å². The van der Waals surface area contributed by atoms with E-state index in [0.29, 0.717) is 33.2 Å². The molecular formula is C53H68N4Si2Zn. The number of nitrogens with zero attached hydrogens (tertiary/aromatic N) is 4. The number of hydrogen-bond donors (Lipinski definition) is 0. The van der Waals surface area contributed by atoms with Crippen molar-refractivity contribution in [1.82, 2.24) is 19.9 Å². The van der Waals surface area contributed by atoms with Gasteiger partial charge < -0.3 is 9.97 Å². The number of rotatable bonds is 7. The largest absolute Gasteiger partial charge is 2.00 e. The molecule has 6 rings (SSSR count). The third-order valence-electron chi connectivity index (χ3n) is 13.7. The molecule has 4 aromatic rings. The first-order valence-electron chi connectivity index (χ1n) is 22.1. The van der Waals surface area contributed by atoms with Crippen molar-refractivity contribution >= 4 is 49.9 Å². The molecule has 0 aliphatic carbocycles. The Bertz CT molecular complexity index is 2520. The number of fused-ring (bicyclic) bond motifs is 8. The Morgan fingerprint density at radius 1 is 0.600 bits per heavy atom. The molecule has 0 spiro atoms. The Labute approximate surface area is 377 Å². The van der Waals surface area contributed by atoms with Gasteiger partial charge in [0.1, 0.15) is 16.1 Å². The Morgan fingerprint density at radius 3 is 1.70 bits per heavy atom. The van der Waals surface area contributed by atoms with Gasteiger partial charge in [0.15, 0.2) is 0 Å². The summed E-state index contributed by atoms with van der Waals surface area (Å²) in [5, 5.41) is 0. The van der Waals surface area contributed by atoms with Crippen molar-refractivity contribution in [3.63, 3.8) is 0 Å². The summed E-state index contributed by atoms with van der Waals surface area (Å²) in [6.07, 6.45) is 2.97. The molecule has 0 amide bonds. The third-order valence-corrected chi connectivity index (χ3v) is 26.3. The van der Waals surface area contributed by atoms with Gasteiger partial charge in [-0.3, -0.25) is 4.98 Å². The summed E-state index contributed by atoms with van der Waals surface area (Å²) >= 11 is 0. The molecule has 7 heteroatoms. The van der Waals surface area contributed by atoms with E-state index < -0.39 is 16.1 Å². The van der Waals surface area contributed by atoms with E-state index in [2.05, 4.69) is 195 Å². The SMILES string of the molecule is Cc1cc(C)c(-c2c3ccc(cc4nc(cc5nc(cc6[n-]c2cc6C#C[Si](C(C)C)(C(C)C)C(C)C)CC5(C)C)C=C4C#C[Si](C(C)C)(C(C)C)C(C)C)[n-]3)c(C)c1.[Zn+2]. The van der Waals surface area contributed by atoms with Crippen molar-refractivity contribution in [1.29, 1.82) is 0 Å². The minimum absolute atomic E-state index is 0. The van der Waals surface area contributed by atoms with Crippen molar-refractivity contribution in [3.8, 4) is 34.1 Å². The van der Waals surface area contributed by atoms with E-state index in [4.69, 9.17) is 19.9 Å². The second-order valence-corrected chi connectivity index (χ2v) is 31.3. The standard InChI is InChI=1S/C53H68N4Si2.Zn/c1-32(2)58(33(3)4,34(5)6)22-20-41-26-44-30-50-53(16,17)31-45(56-50)29-48-42(21-23-59(35(7)8,36(9)10)37(11)12)27-49(57-48)52(51-39(14)24-38(13)25-40(51)15)46-19-18-43(54-46)28-47(41)55-44;/h18-19,24-30,32-37H,31H2,1-17H3;/q-2;+2. The van der Waals surface area contributed by atoms with E-state index in [-0.39, 0.29) is 24.9 Å². The van der Waals surface area contributed by atoms with Gasteiger partial charge in [-0.05, 0) is 94.5 Å². The molecule has 8 bridgehead atoms. The second kappa shape index (κ2) is 17.9. The van der Waals surface area contributed by atoms with Gasteiger partial charge in [0, 0.05) is 28.8 Å². The molecule has 2 aliphatic rings. The zero-order valence-electron chi connectivity index (χ0n) is 39.9. The summed E-state index contributed by atoms with van der Waals surface area (Å²) in [6, 6.07) is 17.5.